The number of halogens is 1. The normalized spacial score (nSPS) is 10.3. The molecule has 0 heterocycles. The Bertz CT molecular complexity index is 410. The number of benzene rings is 1. The van der Waals surface area contributed by atoms with Crippen LogP contribution in [-0.2, 0) is 0 Å². The van der Waals surface area contributed by atoms with Crippen LogP contribution in [0.2, 0.25) is 0 Å². The van der Waals surface area contributed by atoms with E-state index in [0.717, 1.165) is 6.54 Å². The molecule has 0 bridgehead atoms. The molecule has 92 valence electrons. The van der Waals surface area contributed by atoms with Gasteiger partial charge in [0, 0.05) is 13.1 Å². The second kappa shape index (κ2) is 6.09. The fourth-order valence-corrected chi connectivity index (χ4v) is 1.73. The molecule has 4 heteroatoms. The van der Waals surface area contributed by atoms with Gasteiger partial charge in [0.1, 0.15) is 5.82 Å². The van der Waals surface area contributed by atoms with E-state index in [9.17, 15) is 4.39 Å². The molecule has 0 aromatic heterocycles. The van der Waals surface area contributed by atoms with Crippen molar-refractivity contribution in [3.05, 3.63) is 24.0 Å². The molecule has 17 heavy (non-hydrogen) atoms. The van der Waals surface area contributed by atoms with E-state index in [2.05, 4.69) is 19.9 Å². The fourth-order valence-electron chi connectivity index (χ4n) is 1.73. The lowest BCUT2D eigenvalue weighted by Crippen LogP contribution is -2.29. The van der Waals surface area contributed by atoms with E-state index in [1.807, 2.05) is 4.90 Å². The summed E-state index contributed by atoms with van der Waals surface area (Å²) in [4.78, 5) is 1.96. The van der Waals surface area contributed by atoms with Crippen LogP contribution in [0.5, 0.6) is 0 Å². The molecule has 0 aliphatic rings. The maximum absolute atomic E-state index is 13.2. The molecule has 1 rings (SSSR count). The summed E-state index contributed by atoms with van der Waals surface area (Å²) < 4.78 is 13.2. The Morgan fingerprint density at radius 3 is 2.76 bits per heavy atom. The first-order chi connectivity index (χ1) is 8.04. The molecule has 3 nitrogen and oxygen atoms in total. The van der Waals surface area contributed by atoms with E-state index in [1.54, 1.807) is 6.07 Å². The molecule has 0 saturated heterocycles. The van der Waals surface area contributed by atoms with Crippen molar-refractivity contribution in [2.75, 3.05) is 23.7 Å². The van der Waals surface area contributed by atoms with Crippen molar-refractivity contribution >= 4 is 11.4 Å². The van der Waals surface area contributed by atoms with Crippen LogP contribution in [0.3, 0.4) is 0 Å². The van der Waals surface area contributed by atoms with Gasteiger partial charge in [0.2, 0.25) is 0 Å². The topological polar surface area (TPSA) is 53.0 Å². The van der Waals surface area contributed by atoms with Crippen LogP contribution >= 0.6 is 0 Å². The lowest BCUT2D eigenvalue weighted by molar-refractivity contribution is 0.604. The van der Waals surface area contributed by atoms with Crippen molar-refractivity contribution in [2.45, 2.75) is 20.3 Å². The maximum Gasteiger partial charge on any atom is 0.125 e. The first kappa shape index (κ1) is 13.3. The average molecular weight is 235 g/mol. The smallest absolute Gasteiger partial charge is 0.125 e. The quantitative estimate of drug-likeness (QED) is 0.798. The Balaban J connectivity index is 2.94. The molecular formula is C13H18FN3. The third-order valence-electron chi connectivity index (χ3n) is 2.41. The van der Waals surface area contributed by atoms with Crippen LogP contribution < -0.4 is 10.6 Å². The molecule has 1 aromatic rings. The van der Waals surface area contributed by atoms with Gasteiger partial charge in [-0.25, -0.2) is 4.39 Å². The summed E-state index contributed by atoms with van der Waals surface area (Å²) >= 11 is 0. The minimum Gasteiger partial charge on any atom is -0.397 e. The summed E-state index contributed by atoms with van der Waals surface area (Å²) in [6.07, 6.45) is 0.405. The molecule has 0 amide bonds. The highest BCUT2D eigenvalue weighted by molar-refractivity contribution is 5.67. The number of nitriles is 1. The van der Waals surface area contributed by atoms with Crippen LogP contribution in [0.1, 0.15) is 20.3 Å². The van der Waals surface area contributed by atoms with Gasteiger partial charge in [0.05, 0.1) is 23.9 Å². The van der Waals surface area contributed by atoms with Gasteiger partial charge in [0.15, 0.2) is 0 Å². The van der Waals surface area contributed by atoms with Gasteiger partial charge < -0.3 is 10.6 Å². The molecule has 1 aromatic carbocycles. The van der Waals surface area contributed by atoms with Crippen LogP contribution in [0, 0.1) is 23.1 Å². The SMILES string of the molecule is CC(C)CN(CCC#N)c1cc(F)ccc1N. The van der Waals surface area contributed by atoms with Crippen molar-refractivity contribution < 1.29 is 4.39 Å². The molecule has 2 N–H and O–H groups in total. The molecule has 0 atom stereocenters. The van der Waals surface area contributed by atoms with E-state index in [-0.39, 0.29) is 5.82 Å². The van der Waals surface area contributed by atoms with Gasteiger partial charge in [-0.15, -0.1) is 0 Å². The monoisotopic (exact) mass is 235 g/mol. The molecule has 0 radical (unpaired) electrons. The number of rotatable bonds is 5. The second-order valence-electron chi connectivity index (χ2n) is 4.45. The van der Waals surface area contributed by atoms with Crippen molar-refractivity contribution in [2.24, 2.45) is 5.92 Å². The molecule has 0 spiro atoms. The standard InChI is InChI=1S/C13H18FN3/c1-10(2)9-17(7-3-6-15)13-8-11(14)4-5-12(13)16/h4-5,8,10H,3,7,9,16H2,1-2H3. The largest absolute Gasteiger partial charge is 0.397 e. The zero-order chi connectivity index (χ0) is 12.8. The highest BCUT2D eigenvalue weighted by Crippen LogP contribution is 2.25. The van der Waals surface area contributed by atoms with Gasteiger partial charge >= 0.3 is 0 Å². The Morgan fingerprint density at radius 1 is 1.47 bits per heavy atom. The van der Waals surface area contributed by atoms with Gasteiger partial charge in [-0.2, -0.15) is 5.26 Å². The van der Waals surface area contributed by atoms with Gasteiger partial charge in [-0.05, 0) is 24.1 Å². The second-order valence-corrected chi connectivity index (χ2v) is 4.45. The van der Waals surface area contributed by atoms with E-state index >= 15 is 0 Å². The first-order valence-electron chi connectivity index (χ1n) is 5.71. The Kier molecular flexibility index (Phi) is 4.77. The summed E-state index contributed by atoms with van der Waals surface area (Å²) in [5.74, 6) is 0.122. The van der Waals surface area contributed by atoms with Gasteiger partial charge in [-0.1, -0.05) is 13.8 Å². The van der Waals surface area contributed by atoms with Crippen molar-refractivity contribution in [3.8, 4) is 6.07 Å². The summed E-state index contributed by atoms with van der Waals surface area (Å²) in [6, 6.07) is 6.43. The van der Waals surface area contributed by atoms with E-state index < -0.39 is 0 Å². The van der Waals surface area contributed by atoms with Gasteiger partial charge in [-0.3, -0.25) is 0 Å². The zero-order valence-electron chi connectivity index (χ0n) is 10.3. The van der Waals surface area contributed by atoms with E-state index in [0.29, 0.717) is 30.3 Å². The summed E-state index contributed by atoms with van der Waals surface area (Å²) in [7, 11) is 0. The van der Waals surface area contributed by atoms with Crippen LogP contribution in [0.4, 0.5) is 15.8 Å². The van der Waals surface area contributed by atoms with Crippen LogP contribution in [-0.4, -0.2) is 13.1 Å². The molecule has 0 aliphatic heterocycles. The molecule has 0 saturated carbocycles. The van der Waals surface area contributed by atoms with E-state index in [4.69, 9.17) is 11.0 Å². The lowest BCUT2D eigenvalue weighted by Gasteiger charge is -2.27. The zero-order valence-corrected chi connectivity index (χ0v) is 10.3. The highest BCUT2D eigenvalue weighted by atomic mass is 19.1. The number of nitrogens with two attached hydrogens (primary N) is 1. The Labute approximate surface area is 102 Å². The number of nitrogens with zero attached hydrogens (tertiary/aromatic N) is 2. The third-order valence-corrected chi connectivity index (χ3v) is 2.41. The number of nitrogen functional groups attached to an aromatic ring is 1. The molecule has 0 aliphatic carbocycles. The van der Waals surface area contributed by atoms with Gasteiger partial charge in [0.25, 0.3) is 0 Å². The van der Waals surface area contributed by atoms with Crippen LogP contribution in [0.25, 0.3) is 0 Å². The number of hydrogen-bond donors (Lipinski definition) is 1. The minimum atomic E-state index is -0.306. The predicted molar refractivity (Wildman–Crippen MR) is 68.1 cm³/mol. The highest BCUT2D eigenvalue weighted by Gasteiger charge is 2.12. The Hall–Kier alpha value is -1.76. The average Bonchev–Trinajstić information content (AvgIpc) is 2.27. The molecule has 0 unspecified atom stereocenters. The van der Waals surface area contributed by atoms with Crippen molar-refractivity contribution in [3.63, 3.8) is 0 Å². The maximum atomic E-state index is 13.2. The molecular weight excluding hydrogens is 217 g/mol. The number of anilines is 2. The lowest BCUT2D eigenvalue weighted by atomic mass is 10.1. The first-order valence-corrected chi connectivity index (χ1v) is 5.71. The summed E-state index contributed by atoms with van der Waals surface area (Å²) in [5.41, 5.74) is 7.07. The van der Waals surface area contributed by atoms with E-state index in [1.165, 1.54) is 12.1 Å². The van der Waals surface area contributed by atoms with Crippen LogP contribution in [0.15, 0.2) is 18.2 Å². The minimum absolute atomic E-state index is 0.306. The predicted octanol–water partition coefficient (Wildman–Crippen LogP) is 2.78. The summed E-state index contributed by atoms with van der Waals surface area (Å²) in [5, 5.41) is 8.64. The molecule has 0 fully saturated rings. The van der Waals surface area contributed by atoms with Crippen molar-refractivity contribution in [1.82, 2.24) is 0 Å². The Morgan fingerprint density at radius 2 is 2.18 bits per heavy atom. The summed E-state index contributed by atoms with van der Waals surface area (Å²) in [6.45, 7) is 5.49. The van der Waals surface area contributed by atoms with Crippen molar-refractivity contribution in [1.29, 1.82) is 5.26 Å². The number of hydrogen-bond acceptors (Lipinski definition) is 3. The third kappa shape index (κ3) is 3.95. The fraction of sp³-hybridized carbons (Fsp3) is 0.462.